The molecular formula is C27H39N3O5S. The van der Waals surface area contributed by atoms with Gasteiger partial charge in [-0.3, -0.25) is 14.4 Å². The minimum Gasteiger partial charge on any atom is -0.494 e. The summed E-state index contributed by atoms with van der Waals surface area (Å²) in [5, 5.41) is 15.2. The summed E-state index contributed by atoms with van der Waals surface area (Å²) in [6, 6.07) is 6.68. The Morgan fingerprint density at radius 1 is 1.17 bits per heavy atom. The number of nitrogens with one attached hydrogen (secondary N) is 2. The van der Waals surface area contributed by atoms with Crippen molar-refractivity contribution in [1.29, 1.82) is 0 Å². The molecule has 2 unspecified atom stereocenters. The van der Waals surface area contributed by atoms with E-state index in [-0.39, 0.29) is 35.6 Å². The van der Waals surface area contributed by atoms with Gasteiger partial charge in [0.05, 0.1) is 23.2 Å². The van der Waals surface area contributed by atoms with Gasteiger partial charge in [-0.15, -0.1) is 11.8 Å². The number of anilines is 1. The normalized spacial score (nSPS) is 28.5. The fraction of sp³-hybridized carbons (Fsp3) is 0.667. The molecule has 1 aromatic carbocycles. The minimum atomic E-state index is -0.563. The van der Waals surface area contributed by atoms with Crippen LogP contribution < -0.4 is 15.4 Å². The first-order chi connectivity index (χ1) is 17.3. The van der Waals surface area contributed by atoms with Crippen molar-refractivity contribution < 1.29 is 24.2 Å². The fourth-order valence-electron chi connectivity index (χ4n) is 6.13. The standard InChI is InChI=1S/C27H39N3O5S/c1-4-35-19-11-9-18(10-12-19)29-24(32)21-20-13-14-27(36-20)22(21)26(34)30(15-7-5-6-8-16-31)23(27)25(33)28-17(2)3/h9-12,17,20-23,31H,4-8,13-16H2,1-3H3,(H,28,33)(H,29,32)/t20-,21+,22+,23?,27?/m1/s1. The van der Waals surface area contributed by atoms with Gasteiger partial charge in [-0.1, -0.05) is 12.8 Å². The van der Waals surface area contributed by atoms with Crippen molar-refractivity contribution in [3.63, 3.8) is 0 Å². The molecule has 3 heterocycles. The quantitative estimate of drug-likeness (QED) is 0.368. The van der Waals surface area contributed by atoms with Crippen LogP contribution in [-0.4, -0.2) is 69.6 Å². The van der Waals surface area contributed by atoms with Crippen molar-refractivity contribution in [2.75, 3.05) is 25.1 Å². The van der Waals surface area contributed by atoms with E-state index in [1.165, 1.54) is 0 Å². The summed E-state index contributed by atoms with van der Waals surface area (Å²) in [6.07, 6.45) is 4.88. The molecule has 0 aliphatic carbocycles. The largest absolute Gasteiger partial charge is 0.494 e. The molecule has 0 radical (unpaired) electrons. The Hall–Kier alpha value is -2.26. The highest BCUT2D eigenvalue weighted by Gasteiger charge is 2.73. The molecule has 0 aromatic heterocycles. The maximum Gasteiger partial charge on any atom is 0.244 e. The Bertz CT molecular complexity index is 955. The number of amides is 3. The van der Waals surface area contributed by atoms with Crippen LogP contribution in [0.2, 0.25) is 0 Å². The van der Waals surface area contributed by atoms with E-state index in [0.717, 1.165) is 44.3 Å². The lowest BCUT2D eigenvalue weighted by Gasteiger charge is -2.34. The minimum absolute atomic E-state index is 0.0303. The molecule has 1 spiro atoms. The number of carbonyl (C=O) groups excluding carboxylic acids is 3. The summed E-state index contributed by atoms with van der Waals surface area (Å²) >= 11 is 1.69. The highest BCUT2D eigenvalue weighted by atomic mass is 32.2. The molecule has 3 fully saturated rings. The molecule has 5 atom stereocenters. The van der Waals surface area contributed by atoms with Crippen molar-refractivity contribution in [3.05, 3.63) is 24.3 Å². The van der Waals surface area contributed by atoms with E-state index >= 15 is 0 Å². The number of fused-ring (bicyclic) bond motifs is 1. The number of aliphatic hydroxyl groups excluding tert-OH is 1. The molecule has 9 heteroatoms. The molecule has 2 bridgehead atoms. The van der Waals surface area contributed by atoms with E-state index in [1.54, 1.807) is 16.7 Å². The third kappa shape index (κ3) is 5.09. The second-order valence-corrected chi connectivity index (χ2v) is 11.9. The maximum atomic E-state index is 13.9. The molecule has 0 saturated carbocycles. The van der Waals surface area contributed by atoms with Gasteiger partial charge in [-0.2, -0.15) is 0 Å². The summed E-state index contributed by atoms with van der Waals surface area (Å²) in [5.74, 6) is -0.547. The zero-order chi connectivity index (χ0) is 25.9. The van der Waals surface area contributed by atoms with E-state index in [9.17, 15) is 14.4 Å². The number of likely N-dealkylation sites (tertiary alicyclic amines) is 1. The third-order valence-electron chi connectivity index (χ3n) is 7.52. The molecule has 1 aromatic rings. The monoisotopic (exact) mass is 517 g/mol. The number of ether oxygens (including phenoxy) is 1. The van der Waals surface area contributed by atoms with Crippen LogP contribution in [0.15, 0.2) is 24.3 Å². The predicted molar refractivity (Wildman–Crippen MR) is 141 cm³/mol. The number of unbranched alkanes of at least 4 members (excludes halogenated alkanes) is 3. The zero-order valence-electron chi connectivity index (χ0n) is 21.5. The van der Waals surface area contributed by atoms with Gasteiger partial charge in [-0.25, -0.2) is 0 Å². The Morgan fingerprint density at radius 3 is 2.56 bits per heavy atom. The average Bonchev–Trinajstić information content (AvgIpc) is 3.47. The van der Waals surface area contributed by atoms with Crippen LogP contribution in [-0.2, 0) is 14.4 Å². The first-order valence-corrected chi connectivity index (χ1v) is 14.1. The number of hydrogen-bond donors (Lipinski definition) is 3. The van der Waals surface area contributed by atoms with Gasteiger partial charge in [0, 0.05) is 30.1 Å². The summed E-state index contributed by atoms with van der Waals surface area (Å²) in [5.41, 5.74) is 0.672. The number of rotatable bonds is 12. The fourth-order valence-corrected chi connectivity index (χ4v) is 8.35. The molecule has 198 valence electrons. The molecule has 4 rings (SSSR count). The van der Waals surface area contributed by atoms with Crippen molar-refractivity contribution in [3.8, 4) is 5.75 Å². The van der Waals surface area contributed by atoms with Gasteiger partial charge < -0.3 is 25.4 Å². The van der Waals surface area contributed by atoms with E-state index in [0.29, 0.717) is 18.8 Å². The summed E-state index contributed by atoms with van der Waals surface area (Å²) < 4.78 is 4.92. The zero-order valence-corrected chi connectivity index (χ0v) is 22.3. The smallest absolute Gasteiger partial charge is 0.244 e. The van der Waals surface area contributed by atoms with Crippen molar-refractivity contribution in [2.24, 2.45) is 11.8 Å². The van der Waals surface area contributed by atoms with Crippen molar-refractivity contribution >= 4 is 35.2 Å². The molecule has 3 N–H and O–H groups in total. The van der Waals surface area contributed by atoms with E-state index in [1.807, 2.05) is 45.0 Å². The number of benzene rings is 1. The summed E-state index contributed by atoms with van der Waals surface area (Å²) in [4.78, 5) is 42.6. The van der Waals surface area contributed by atoms with E-state index < -0.39 is 22.6 Å². The van der Waals surface area contributed by atoms with Crippen molar-refractivity contribution in [1.82, 2.24) is 10.2 Å². The Morgan fingerprint density at radius 2 is 1.89 bits per heavy atom. The number of hydrogen-bond acceptors (Lipinski definition) is 6. The number of thioether (sulfide) groups is 1. The van der Waals surface area contributed by atoms with E-state index in [2.05, 4.69) is 10.6 Å². The van der Waals surface area contributed by atoms with Crippen LogP contribution in [0.1, 0.15) is 59.3 Å². The second-order valence-electron chi connectivity index (χ2n) is 10.3. The lowest BCUT2D eigenvalue weighted by atomic mass is 9.70. The van der Waals surface area contributed by atoms with Gasteiger partial charge in [0.15, 0.2) is 0 Å². The number of aliphatic hydroxyl groups is 1. The molecule has 3 amide bonds. The Labute approximate surface area is 217 Å². The van der Waals surface area contributed by atoms with Crippen molar-refractivity contribution in [2.45, 2.75) is 81.4 Å². The Kier molecular flexibility index (Phi) is 8.50. The molecular weight excluding hydrogens is 478 g/mol. The SMILES string of the molecule is CCOc1ccc(NC(=O)[C@@H]2[C@H]3C(=O)N(CCCCCCO)C(C(=O)NC(C)C)C34CC[C@H]2S4)cc1. The lowest BCUT2D eigenvalue weighted by Crippen LogP contribution is -2.54. The predicted octanol–water partition coefficient (Wildman–Crippen LogP) is 3.19. The van der Waals surface area contributed by atoms with E-state index in [4.69, 9.17) is 9.84 Å². The van der Waals surface area contributed by atoms with Crippen LogP contribution in [0.25, 0.3) is 0 Å². The van der Waals surface area contributed by atoms with Crippen LogP contribution >= 0.6 is 11.8 Å². The average molecular weight is 518 g/mol. The summed E-state index contributed by atoms with van der Waals surface area (Å²) in [7, 11) is 0. The number of nitrogens with zero attached hydrogens (tertiary/aromatic N) is 1. The van der Waals surface area contributed by atoms with Gasteiger partial charge >= 0.3 is 0 Å². The van der Waals surface area contributed by atoms with Gasteiger partial charge in [0.25, 0.3) is 0 Å². The van der Waals surface area contributed by atoms with Crippen LogP contribution in [0.4, 0.5) is 5.69 Å². The van der Waals surface area contributed by atoms with Crippen LogP contribution in [0, 0.1) is 11.8 Å². The first-order valence-electron chi connectivity index (χ1n) is 13.3. The van der Waals surface area contributed by atoms with Gasteiger partial charge in [-0.05, 0) is 70.7 Å². The molecule has 36 heavy (non-hydrogen) atoms. The van der Waals surface area contributed by atoms with Gasteiger partial charge in [0.2, 0.25) is 17.7 Å². The molecule has 3 aliphatic rings. The lowest BCUT2D eigenvalue weighted by molar-refractivity contribution is -0.139. The van der Waals surface area contributed by atoms with Crippen LogP contribution in [0.5, 0.6) is 5.75 Å². The van der Waals surface area contributed by atoms with Gasteiger partial charge in [0.1, 0.15) is 11.8 Å². The Balaban J connectivity index is 1.55. The third-order valence-corrected chi connectivity index (χ3v) is 9.47. The maximum absolute atomic E-state index is 13.9. The molecule has 3 aliphatic heterocycles. The highest BCUT2D eigenvalue weighted by molar-refractivity contribution is 8.02. The molecule has 3 saturated heterocycles. The first kappa shape index (κ1) is 26.8. The molecule has 8 nitrogen and oxygen atoms in total. The topological polar surface area (TPSA) is 108 Å². The highest BCUT2D eigenvalue weighted by Crippen LogP contribution is 2.66. The van der Waals surface area contributed by atoms with Crippen LogP contribution in [0.3, 0.4) is 0 Å². The number of carbonyl (C=O) groups is 3. The summed E-state index contributed by atoms with van der Waals surface area (Å²) in [6.45, 7) is 7.00. The second kappa shape index (κ2) is 11.4.